The van der Waals surface area contributed by atoms with Crippen molar-refractivity contribution >= 4 is 23.3 Å². The summed E-state index contributed by atoms with van der Waals surface area (Å²) in [6.45, 7) is 0. The molecule has 1 heterocycles. The summed E-state index contributed by atoms with van der Waals surface area (Å²) in [5.74, 6) is 0. The summed E-state index contributed by atoms with van der Waals surface area (Å²) < 4.78 is 0. The van der Waals surface area contributed by atoms with Crippen LogP contribution in [0.25, 0.3) is 10.9 Å². The van der Waals surface area contributed by atoms with Crippen molar-refractivity contribution in [1.29, 1.82) is 0 Å². The molecule has 0 aliphatic heterocycles. The number of nitrogens with zero attached hydrogens (tertiary/aromatic N) is 1. The van der Waals surface area contributed by atoms with Crippen LogP contribution < -0.4 is 0 Å². The quantitative estimate of drug-likeness (QED) is 0.661. The van der Waals surface area contributed by atoms with E-state index in [0.29, 0.717) is 0 Å². The number of hydrogen-bond donors (Lipinski definition) is 0. The zero-order valence-corrected chi connectivity index (χ0v) is 9.39. The van der Waals surface area contributed by atoms with Gasteiger partial charge in [0.25, 0.3) is 0 Å². The zero-order valence-electron chi connectivity index (χ0n) is 8.57. The lowest BCUT2D eigenvalue weighted by atomic mass is 9.95. The lowest BCUT2D eigenvalue weighted by Gasteiger charge is -2.15. The molecule has 0 bridgehead atoms. The highest BCUT2D eigenvalue weighted by Gasteiger charge is 2.10. The minimum Gasteiger partial charge on any atom is -0.253 e. The van der Waals surface area contributed by atoms with E-state index in [4.69, 9.17) is 4.98 Å². The highest BCUT2D eigenvalue weighted by atomic mass is 35.5. The molecule has 2 heteroatoms. The molecule has 0 spiro atoms. The van der Waals surface area contributed by atoms with Gasteiger partial charge >= 0.3 is 0 Å². The van der Waals surface area contributed by atoms with Crippen molar-refractivity contribution in [3.63, 3.8) is 0 Å². The second-order valence-corrected chi connectivity index (χ2v) is 3.99. The van der Waals surface area contributed by atoms with Crippen LogP contribution in [0.2, 0.25) is 0 Å². The van der Waals surface area contributed by atoms with Crippen molar-refractivity contribution in [3.8, 4) is 0 Å². The van der Waals surface area contributed by atoms with Crippen LogP contribution >= 0.6 is 12.4 Å². The number of benzene rings is 1. The van der Waals surface area contributed by atoms with E-state index in [-0.39, 0.29) is 12.4 Å². The molecule has 1 aliphatic rings. The van der Waals surface area contributed by atoms with E-state index in [2.05, 4.69) is 30.3 Å². The molecule has 3 rings (SSSR count). The fourth-order valence-electron chi connectivity index (χ4n) is 2.24. The van der Waals surface area contributed by atoms with E-state index in [9.17, 15) is 0 Å². The van der Waals surface area contributed by atoms with Gasteiger partial charge in [-0.3, -0.25) is 4.98 Å². The third kappa shape index (κ3) is 1.84. The third-order valence-corrected chi connectivity index (χ3v) is 3.00. The largest absolute Gasteiger partial charge is 0.253 e. The van der Waals surface area contributed by atoms with Crippen LogP contribution in [0.4, 0.5) is 0 Å². The Morgan fingerprint density at radius 2 is 1.80 bits per heavy atom. The topological polar surface area (TPSA) is 12.9 Å². The van der Waals surface area contributed by atoms with E-state index in [1.54, 1.807) is 0 Å². The predicted octanol–water partition coefficient (Wildman–Crippen LogP) is 3.54. The standard InChI is InChI=1S/C13H13N.ClH/c1-3-7-12-10(5-1)9-11-6-2-4-8-13(11)14-12;/h1,3,5,7,9H,2,4,6,8H2;1H. The number of hydrogen-bond acceptors (Lipinski definition) is 1. The Labute approximate surface area is 95.9 Å². The molecule has 0 amide bonds. The summed E-state index contributed by atoms with van der Waals surface area (Å²) in [6.07, 6.45) is 5.01. The van der Waals surface area contributed by atoms with Gasteiger partial charge < -0.3 is 0 Å². The van der Waals surface area contributed by atoms with Gasteiger partial charge in [0.1, 0.15) is 0 Å². The Morgan fingerprint density at radius 3 is 2.73 bits per heavy atom. The normalized spacial score (nSPS) is 14.4. The molecule has 0 fully saturated rings. The van der Waals surface area contributed by atoms with Crippen LogP contribution in [0, 0.1) is 0 Å². The summed E-state index contributed by atoms with van der Waals surface area (Å²) in [7, 11) is 0. The van der Waals surface area contributed by atoms with Crippen molar-refractivity contribution in [3.05, 3.63) is 41.6 Å². The molecule has 1 nitrogen and oxygen atoms in total. The molecule has 0 radical (unpaired) electrons. The maximum atomic E-state index is 4.72. The maximum Gasteiger partial charge on any atom is 0.0705 e. The summed E-state index contributed by atoms with van der Waals surface area (Å²) in [4.78, 5) is 4.72. The lowest BCUT2D eigenvalue weighted by molar-refractivity contribution is 0.671. The average Bonchev–Trinajstić information content (AvgIpc) is 2.26. The minimum atomic E-state index is 0. The Balaban J connectivity index is 0.000000853. The Morgan fingerprint density at radius 1 is 1.00 bits per heavy atom. The minimum absolute atomic E-state index is 0. The molecule has 0 N–H and O–H groups in total. The Kier molecular flexibility index (Phi) is 2.92. The molecule has 1 aromatic heterocycles. The van der Waals surface area contributed by atoms with E-state index in [0.717, 1.165) is 5.52 Å². The van der Waals surface area contributed by atoms with E-state index < -0.39 is 0 Å². The summed E-state index contributed by atoms with van der Waals surface area (Å²) >= 11 is 0. The molecule has 1 aliphatic carbocycles. The second-order valence-electron chi connectivity index (χ2n) is 3.99. The third-order valence-electron chi connectivity index (χ3n) is 3.00. The number of aromatic nitrogens is 1. The fourth-order valence-corrected chi connectivity index (χ4v) is 2.24. The Bertz CT molecular complexity index is 434. The van der Waals surface area contributed by atoms with Crippen LogP contribution in [-0.4, -0.2) is 4.98 Å². The smallest absolute Gasteiger partial charge is 0.0705 e. The molecular weight excluding hydrogens is 206 g/mol. The van der Waals surface area contributed by atoms with Gasteiger partial charge in [-0.15, -0.1) is 12.4 Å². The maximum absolute atomic E-state index is 4.72. The first-order chi connectivity index (χ1) is 6.93. The molecule has 1 aromatic carbocycles. The highest BCUT2D eigenvalue weighted by molar-refractivity contribution is 5.85. The Hall–Kier alpha value is -1.08. The summed E-state index contributed by atoms with van der Waals surface area (Å²) in [5, 5.41) is 1.29. The highest BCUT2D eigenvalue weighted by Crippen LogP contribution is 2.23. The number of aryl methyl sites for hydroxylation is 2. The van der Waals surface area contributed by atoms with E-state index in [1.165, 1.54) is 42.3 Å². The number of halogens is 1. The van der Waals surface area contributed by atoms with Crippen molar-refractivity contribution in [2.24, 2.45) is 0 Å². The summed E-state index contributed by atoms with van der Waals surface area (Å²) in [6, 6.07) is 10.7. The van der Waals surface area contributed by atoms with Gasteiger partial charge in [0.2, 0.25) is 0 Å². The van der Waals surface area contributed by atoms with Gasteiger partial charge in [-0.05, 0) is 43.4 Å². The van der Waals surface area contributed by atoms with Gasteiger partial charge in [0.15, 0.2) is 0 Å². The van der Waals surface area contributed by atoms with Gasteiger partial charge in [0.05, 0.1) is 5.52 Å². The first-order valence-corrected chi connectivity index (χ1v) is 5.31. The van der Waals surface area contributed by atoms with Crippen LogP contribution in [0.5, 0.6) is 0 Å². The molecular formula is C13H14ClN. The molecule has 0 saturated heterocycles. The fraction of sp³-hybridized carbons (Fsp3) is 0.308. The van der Waals surface area contributed by atoms with Gasteiger partial charge in [0, 0.05) is 11.1 Å². The first kappa shape index (κ1) is 10.4. The van der Waals surface area contributed by atoms with Crippen molar-refractivity contribution in [1.82, 2.24) is 4.98 Å². The molecule has 78 valence electrons. The van der Waals surface area contributed by atoms with Crippen LogP contribution in [-0.2, 0) is 12.8 Å². The average molecular weight is 220 g/mol. The monoisotopic (exact) mass is 219 g/mol. The first-order valence-electron chi connectivity index (χ1n) is 5.31. The van der Waals surface area contributed by atoms with Gasteiger partial charge in [-0.1, -0.05) is 18.2 Å². The molecule has 2 aromatic rings. The number of fused-ring (bicyclic) bond motifs is 2. The van der Waals surface area contributed by atoms with Gasteiger partial charge in [-0.25, -0.2) is 0 Å². The summed E-state index contributed by atoms with van der Waals surface area (Å²) in [5.41, 5.74) is 3.94. The lowest BCUT2D eigenvalue weighted by Crippen LogP contribution is -2.04. The number of para-hydroxylation sites is 1. The SMILES string of the molecule is Cl.c1ccc2nc3c(cc2c1)CCCC3. The van der Waals surface area contributed by atoms with Crippen LogP contribution in [0.1, 0.15) is 24.1 Å². The number of pyridine rings is 1. The van der Waals surface area contributed by atoms with Crippen molar-refractivity contribution in [2.75, 3.05) is 0 Å². The zero-order chi connectivity index (χ0) is 9.38. The second kappa shape index (κ2) is 4.19. The predicted molar refractivity (Wildman–Crippen MR) is 65.6 cm³/mol. The van der Waals surface area contributed by atoms with E-state index in [1.807, 2.05) is 0 Å². The molecule has 0 atom stereocenters. The van der Waals surface area contributed by atoms with Crippen molar-refractivity contribution in [2.45, 2.75) is 25.7 Å². The van der Waals surface area contributed by atoms with Gasteiger partial charge in [-0.2, -0.15) is 0 Å². The van der Waals surface area contributed by atoms with Crippen molar-refractivity contribution < 1.29 is 0 Å². The molecule has 15 heavy (non-hydrogen) atoms. The number of rotatable bonds is 0. The van der Waals surface area contributed by atoms with E-state index >= 15 is 0 Å². The van der Waals surface area contributed by atoms with Crippen LogP contribution in [0.3, 0.4) is 0 Å². The van der Waals surface area contributed by atoms with Crippen LogP contribution in [0.15, 0.2) is 30.3 Å². The molecule has 0 unspecified atom stereocenters. The molecule has 0 saturated carbocycles.